The monoisotopic (exact) mass is 383 g/mol. The molecule has 1 heterocycles. The van der Waals surface area contributed by atoms with Crippen LogP contribution in [0.5, 0.6) is 0 Å². The zero-order chi connectivity index (χ0) is 19.2. The highest BCUT2D eigenvalue weighted by Crippen LogP contribution is 2.41. The van der Waals surface area contributed by atoms with E-state index in [2.05, 4.69) is 24.5 Å². The Morgan fingerprint density at radius 2 is 1.89 bits per heavy atom. The summed E-state index contributed by atoms with van der Waals surface area (Å²) in [6.07, 6.45) is 9.78. The molecule has 2 rings (SSSR count). The van der Waals surface area contributed by atoms with Gasteiger partial charge in [0.25, 0.3) is 0 Å². The van der Waals surface area contributed by atoms with E-state index in [1.165, 1.54) is 25.7 Å². The van der Waals surface area contributed by atoms with E-state index in [9.17, 15) is 0 Å². The van der Waals surface area contributed by atoms with E-state index < -0.39 is 0 Å². The zero-order valence-corrected chi connectivity index (χ0v) is 17.6. The van der Waals surface area contributed by atoms with Gasteiger partial charge in [0.2, 0.25) is 0 Å². The topological polar surface area (TPSA) is 64.1 Å². The lowest BCUT2D eigenvalue weighted by molar-refractivity contribution is -0.0320. The van der Waals surface area contributed by atoms with Crippen LogP contribution in [0, 0.1) is 5.41 Å². The van der Waals surface area contributed by atoms with Crippen molar-refractivity contribution in [2.45, 2.75) is 71.3 Å². The first kappa shape index (κ1) is 22.4. The number of guanidine groups is 1. The van der Waals surface area contributed by atoms with Crippen molar-refractivity contribution in [1.29, 1.82) is 0 Å². The maximum absolute atomic E-state index is 5.94. The second-order valence-corrected chi connectivity index (χ2v) is 7.81. The van der Waals surface area contributed by atoms with Crippen LogP contribution >= 0.6 is 0 Å². The highest BCUT2D eigenvalue weighted by atomic mass is 16.5. The first-order valence-electron chi connectivity index (χ1n) is 11.1. The molecule has 1 aliphatic carbocycles. The molecule has 0 aromatic heterocycles. The molecule has 1 saturated carbocycles. The minimum absolute atomic E-state index is 0.337. The van der Waals surface area contributed by atoms with Crippen LogP contribution in [0.3, 0.4) is 0 Å². The smallest absolute Gasteiger partial charge is 0.191 e. The molecule has 6 heteroatoms. The molecule has 0 amide bonds. The molecule has 2 fully saturated rings. The molecule has 0 bridgehead atoms. The largest absolute Gasteiger partial charge is 0.382 e. The van der Waals surface area contributed by atoms with Crippen molar-refractivity contribution in [2.24, 2.45) is 10.4 Å². The van der Waals surface area contributed by atoms with Crippen LogP contribution in [0.15, 0.2) is 4.99 Å². The van der Waals surface area contributed by atoms with Gasteiger partial charge in [0.1, 0.15) is 0 Å². The van der Waals surface area contributed by atoms with Gasteiger partial charge in [0, 0.05) is 52.7 Å². The SMILES string of the molecule is CCNC(=NCC1(CCOCC)CCCC1)NCCCOC1CCOCC1. The van der Waals surface area contributed by atoms with Crippen molar-refractivity contribution >= 4 is 5.96 Å². The first-order chi connectivity index (χ1) is 13.3. The van der Waals surface area contributed by atoms with Gasteiger partial charge in [-0.1, -0.05) is 12.8 Å². The fraction of sp³-hybridized carbons (Fsp3) is 0.952. The second kappa shape index (κ2) is 13.3. The van der Waals surface area contributed by atoms with Gasteiger partial charge in [0.05, 0.1) is 6.10 Å². The van der Waals surface area contributed by atoms with Gasteiger partial charge in [-0.3, -0.25) is 4.99 Å². The quantitative estimate of drug-likeness (QED) is 0.308. The molecule has 27 heavy (non-hydrogen) atoms. The van der Waals surface area contributed by atoms with Crippen LogP contribution in [0.1, 0.15) is 65.2 Å². The number of ether oxygens (including phenoxy) is 3. The van der Waals surface area contributed by atoms with Gasteiger partial charge >= 0.3 is 0 Å². The van der Waals surface area contributed by atoms with Crippen LogP contribution in [-0.4, -0.2) is 64.7 Å². The maximum Gasteiger partial charge on any atom is 0.191 e. The molecule has 0 spiro atoms. The Bertz CT molecular complexity index is 405. The fourth-order valence-electron chi connectivity index (χ4n) is 4.01. The number of hydrogen-bond donors (Lipinski definition) is 2. The van der Waals surface area contributed by atoms with E-state index in [0.29, 0.717) is 11.5 Å². The Morgan fingerprint density at radius 3 is 2.59 bits per heavy atom. The Labute approximate surface area is 165 Å². The molecule has 2 N–H and O–H groups in total. The normalized spacial score (nSPS) is 20.7. The van der Waals surface area contributed by atoms with E-state index in [0.717, 1.165) is 84.3 Å². The first-order valence-corrected chi connectivity index (χ1v) is 11.1. The van der Waals surface area contributed by atoms with Gasteiger partial charge in [-0.15, -0.1) is 0 Å². The highest BCUT2D eigenvalue weighted by molar-refractivity contribution is 5.79. The van der Waals surface area contributed by atoms with E-state index >= 15 is 0 Å². The third-order valence-electron chi connectivity index (χ3n) is 5.70. The summed E-state index contributed by atoms with van der Waals surface area (Å²) < 4.78 is 16.9. The van der Waals surface area contributed by atoms with Crippen LogP contribution in [-0.2, 0) is 14.2 Å². The van der Waals surface area contributed by atoms with Crippen molar-refractivity contribution in [3.63, 3.8) is 0 Å². The Morgan fingerprint density at radius 1 is 1.11 bits per heavy atom. The molecule has 0 atom stereocenters. The third-order valence-corrected chi connectivity index (χ3v) is 5.70. The van der Waals surface area contributed by atoms with Gasteiger partial charge in [0.15, 0.2) is 5.96 Å². The Balaban J connectivity index is 1.70. The number of nitrogens with zero attached hydrogens (tertiary/aromatic N) is 1. The molecular weight excluding hydrogens is 342 g/mol. The average molecular weight is 384 g/mol. The number of aliphatic imine (C=N–C) groups is 1. The minimum Gasteiger partial charge on any atom is -0.382 e. The molecule has 0 aromatic rings. The summed E-state index contributed by atoms with van der Waals surface area (Å²) >= 11 is 0. The summed E-state index contributed by atoms with van der Waals surface area (Å²) in [4.78, 5) is 4.92. The molecule has 1 aliphatic heterocycles. The molecular formula is C21H41N3O3. The van der Waals surface area contributed by atoms with Crippen molar-refractivity contribution < 1.29 is 14.2 Å². The lowest BCUT2D eigenvalue weighted by Crippen LogP contribution is -2.39. The van der Waals surface area contributed by atoms with Crippen LogP contribution in [0.25, 0.3) is 0 Å². The van der Waals surface area contributed by atoms with Gasteiger partial charge in [-0.05, 0) is 57.8 Å². The Hall–Kier alpha value is -0.850. The summed E-state index contributed by atoms with van der Waals surface area (Å²) in [5.74, 6) is 0.936. The van der Waals surface area contributed by atoms with Gasteiger partial charge in [-0.2, -0.15) is 0 Å². The van der Waals surface area contributed by atoms with Crippen molar-refractivity contribution in [2.75, 3.05) is 52.7 Å². The summed E-state index contributed by atoms with van der Waals surface area (Å²) in [6.45, 7) is 11.0. The van der Waals surface area contributed by atoms with Crippen molar-refractivity contribution in [3.8, 4) is 0 Å². The van der Waals surface area contributed by atoms with E-state index in [1.54, 1.807) is 0 Å². The predicted molar refractivity (Wildman–Crippen MR) is 110 cm³/mol. The molecule has 0 radical (unpaired) electrons. The Kier molecular flexibility index (Phi) is 11.1. The summed E-state index contributed by atoms with van der Waals surface area (Å²) in [5.41, 5.74) is 0.337. The molecule has 0 aromatic carbocycles. The van der Waals surface area contributed by atoms with Gasteiger partial charge in [-0.25, -0.2) is 0 Å². The fourth-order valence-corrected chi connectivity index (χ4v) is 4.01. The summed E-state index contributed by atoms with van der Waals surface area (Å²) in [7, 11) is 0. The summed E-state index contributed by atoms with van der Waals surface area (Å²) in [6, 6.07) is 0. The average Bonchev–Trinajstić information content (AvgIpc) is 3.16. The van der Waals surface area contributed by atoms with Crippen LogP contribution in [0.4, 0.5) is 0 Å². The second-order valence-electron chi connectivity index (χ2n) is 7.81. The number of nitrogens with one attached hydrogen (secondary N) is 2. The number of rotatable bonds is 12. The summed E-state index contributed by atoms with van der Waals surface area (Å²) in [5, 5.41) is 6.85. The van der Waals surface area contributed by atoms with E-state index in [4.69, 9.17) is 19.2 Å². The van der Waals surface area contributed by atoms with E-state index in [1.807, 2.05) is 0 Å². The zero-order valence-electron chi connectivity index (χ0n) is 17.6. The lowest BCUT2D eigenvalue weighted by atomic mass is 9.83. The molecule has 158 valence electrons. The molecule has 1 saturated heterocycles. The van der Waals surface area contributed by atoms with Crippen LogP contribution < -0.4 is 10.6 Å². The predicted octanol–water partition coefficient (Wildman–Crippen LogP) is 3.11. The lowest BCUT2D eigenvalue weighted by Gasteiger charge is -2.27. The number of hydrogen-bond acceptors (Lipinski definition) is 4. The van der Waals surface area contributed by atoms with Crippen LogP contribution in [0.2, 0.25) is 0 Å². The maximum atomic E-state index is 5.94. The molecule has 2 aliphatic rings. The highest BCUT2D eigenvalue weighted by Gasteiger charge is 2.33. The van der Waals surface area contributed by atoms with E-state index in [-0.39, 0.29) is 0 Å². The molecule has 0 unspecified atom stereocenters. The minimum atomic E-state index is 0.337. The van der Waals surface area contributed by atoms with Gasteiger partial charge < -0.3 is 24.8 Å². The molecule has 6 nitrogen and oxygen atoms in total. The van der Waals surface area contributed by atoms with Crippen molar-refractivity contribution in [3.05, 3.63) is 0 Å². The standard InChI is InChI=1S/C21H41N3O3/c1-3-22-20(23-13-7-14-27-19-8-15-26-16-9-19)24-18-21(10-5-6-11-21)12-17-25-4-2/h19H,3-18H2,1-2H3,(H2,22,23,24). The third kappa shape index (κ3) is 8.79. The van der Waals surface area contributed by atoms with Crippen molar-refractivity contribution in [1.82, 2.24) is 10.6 Å².